The molecule has 2 aliphatic rings. The van der Waals surface area contributed by atoms with Gasteiger partial charge in [0.15, 0.2) is 10.0 Å². The third kappa shape index (κ3) is 6.98. The summed E-state index contributed by atoms with van der Waals surface area (Å²) in [5.74, 6) is 0. The highest BCUT2D eigenvalue weighted by molar-refractivity contribution is 7.89. The largest absolute Gasteiger partial charge is 0.365 e. The minimum atomic E-state index is -4.48. The smallest absolute Gasteiger partial charge is 0.303 e. The highest BCUT2D eigenvalue weighted by Gasteiger charge is 2.61. The normalized spacial score (nSPS) is 19.0. The van der Waals surface area contributed by atoms with Crippen molar-refractivity contribution in [3.05, 3.63) is 40.2 Å². The summed E-state index contributed by atoms with van der Waals surface area (Å²) in [6, 6.07) is 3.40. The van der Waals surface area contributed by atoms with Crippen LogP contribution in [0.4, 0.5) is 13.2 Å². The van der Waals surface area contributed by atoms with Gasteiger partial charge in [0, 0.05) is 45.8 Å². The second kappa shape index (κ2) is 13.2. The maximum absolute atomic E-state index is 16.1. The van der Waals surface area contributed by atoms with Gasteiger partial charge >= 0.3 is 5.66 Å². The summed E-state index contributed by atoms with van der Waals surface area (Å²) in [5.41, 5.74) is -0.801. The molecule has 0 radical (unpaired) electrons. The van der Waals surface area contributed by atoms with Crippen LogP contribution < -0.4 is 0 Å². The third-order valence-corrected chi connectivity index (χ3v) is 15.1. The fourth-order valence-electron chi connectivity index (χ4n) is 5.40. The molecule has 1 atom stereocenters. The second-order valence-corrected chi connectivity index (χ2v) is 24.4. The number of nitrogens with zero attached hydrogens (tertiary/aromatic N) is 7. The Morgan fingerprint density at radius 3 is 2.42 bits per heavy atom. The van der Waals surface area contributed by atoms with Gasteiger partial charge in [0.05, 0.1) is 28.5 Å². The first kappa shape index (κ1) is 36.5. The molecule has 0 N–H and O–H groups in total. The van der Waals surface area contributed by atoms with Crippen molar-refractivity contribution >= 4 is 55.9 Å². The molecule has 2 aromatic heterocycles. The first-order valence-corrected chi connectivity index (χ1v) is 22.7. The van der Waals surface area contributed by atoms with Crippen LogP contribution in [-0.2, 0) is 31.8 Å². The predicted molar refractivity (Wildman–Crippen MR) is 180 cm³/mol. The van der Waals surface area contributed by atoms with Crippen LogP contribution in [0.15, 0.2) is 23.1 Å². The van der Waals surface area contributed by atoms with Gasteiger partial charge in [-0.2, -0.15) is 9.40 Å². The quantitative estimate of drug-likeness (QED) is 0.0968. The highest BCUT2D eigenvalue weighted by atomic mass is 32.2. The van der Waals surface area contributed by atoms with Gasteiger partial charge in [-0.15, -0.1) is 10.2 Å². The van der Waals surface area contributed by atoms with Gasteiger partial charge < -0.3 is 4.74 Å². The fourth-order valence-corrected chi connectivity index (χ4v) is 9.74. The average Bonchev–Trinajstić information content (AvgIpc) is 3.48. The first-order valence-electron chi connectivity index (χ1n) is 15.3. The predicted octanol–water partition coefficient (Wildman–Crippen LogP) is 5.52. The first-order chi connectivity index (χ1) is 22.3. The lowest BCUT2D eigenvalue weighted by Gasteiger charge is -2.30. The van der Waals surface area contributed by atoms with E-state index in [0.29, 0.717) is 30.8 Å². The van der Waals surface area contributed by atoms with E-state index in [1.54, 1.807) is 7.05 Å². The molecule has 48 heavy (non-hydrogen) atoms. The average molecular weight is 746 g/mol. The number of rotatable bonds is 13. The van der Waals surface area contributed by atoms with E-state index >= 15 is 4.39 Å². The van der Waals surface area contributed by atoms with Crippen molar-refractivity contribution in [3.63, 3.8) is 0 Å². The van der Waals surface area contributed by atoms with E-state index in [1.807, 2.05) is 0 Å². The molecule has 0 saturated heterocycles. The van der Waals surface area contributed by atoms with E-state index in [-0.39, 0.29) is 50.9 Å². The summed E-state index contributed by atoms with van der Waals surface area (Å²) in [5, 5.41) is 10.8. The lowest BCUT2D eigenvalue weighted by molar-refractivity contribution is 0.0642. The van der Waals surface area contributed by atoms with Crippen LogP contribution in [0.2, 0.25) is 25.7 Å². The SMILES string of the molecule is [C-]#[N+]C1(N(COCC[Si](C)(C)C)S(=O)(=O)c2cc(C3=CCN(S(=O)(=O)C(C)C)CC3F)c3c(c2)c(-c2nnc(C(F)F)s2)nn3C)CC1. The Labute approximate surface area is 283 Å². The molecule has 262 valence electrons. The van der Waals surface area contributed by atoms with Crippen LogP contribution >= 0.6 is 11.3 Å². The Kier molecular flexibility index (Phi) is 10.0. The molecule has 0 spiro atoms. The van der Waals surface area contributed by atoms with E-state index in [9.17, 15) is 25.6 Å². The number of hydrogen-bond acceptors (Lipinski definition) is 9. The van der Waals surface area contributed by atoms with Gasteiger partial charge in [0.25, 0.3) is 16.4 Å². The Hall–Kier alpha value is -2.73. The zero-order valence-corrected chi connectivity index (χ0v) is 30.9. The maximum atomic E-state index is 16.1. The standard InChI is InChI=1S/C29H38F3N7O5S3Si/c1-18(2)46(40,41)38-11-8-20(23(30)16-38)21-14-19(15-22-24(36-37(4)25(21)22)27-34-35-28(45-27)26(31)32)47(42,43)39(29(33-3)9-10-29)17-44-12-13-48(5,6)7/h8,14-15,18,23,26H,9-13,16-17H2,1-2,4-7H3. The lowest BCUT2D eigenvalue weighted by atomic mass is 9.96. The van der Waals surface area contributed by atoms with Gasteiger partial charge in [-0.1, -0.05) is 41.4 Å². The number of benzene rings is 1. The Morgan fingerprint density at radius 2 is 1.88 bits per heavy atom. The third-order valence-electron chi connectivity index (χ3n) is 8.39. The molecule has 19 heteroatoms. The van der Waals surface area contributed by atoms with Crippen molar-refractivity contribution in [3.8, 4) is 10.7 Å². The van der Waals surface area contributed by atoms with E-state index in [0.717, 1.165) is 14.7 Å². The Bertz CT molecular complexity index is 2000. The lowest BCUT2D eigenvalue weighted by Crippen LogP contribution is -2.43. The molecule has 1 aliphatic carbocycles. The summed E-state index contributed by atoms with van der Waals surface area (Å²) in [4.78, 5) is 3.37. The number of fused-ring (bicyclic) bond motifs is 1. The molecule has 1 unspecified atom stereocenters. The van der Waals surface area contributed by atoms with Crippen LogP contribution in [0.25, 0.3) is 32.0 Å². The summed E-state index contributed by atoms with van der Waals surface area (Å²) < 4.78 is 107. The molecule has 3 heterocycles. The van der Waals surface area contributed by atoms with E-state index in [1.165, 1.54) is 36.7 Å². The monoisotopic (exact) mass is 745 g/mol. The summed E-state index contributed by atoms with van der Waals surface area (Å²) in [6.45, 7) is 16.6. The molecule has 3 aromatic rings. The van der Waals surface area contributed by atoms with Gasteiger partial charge in [-0.3, -0.25) is 9.53 Å². The zero-order chi connectivity index (χ0) is 35.4. The van der Waals surface area contributed by atoms with Crippen molar-refractivity contribution in [2.45, 2.75) is 80.8 Å². The molecular formula is C29H38F3N7O5S3Si. The van der Waals surface area contributed by atoms with Crippen LogP contribution in [0.1, 0.15) is 43.7 Å². The van der Waals surface area contributed by atoms with Crippen LogP contribution in [0, 0.1) is 6.57 Å². The van der Waals surface area contributed by atoms with Gasteiger partial charge in [0.2, 0.25) is 10.0 Å². The van der Waals surface area contributed by atoms with E-state index in [4.69, 9.17) is 11.3 Å². The summed E-state index contributed by atoms with van der Waals surface area (Å²) in [6.07, 6.45) is -2.71. The molecule has 5 rings (SSSR count). The van der Waals surface area contributed by atoms with Crippen LogP contribution in [0.5, 0.6) is 0 Å². The number of halogens is 3. The minimum Gasteiger partial charge on any atom is -0.365 e. The number of ether oxygens (including phenoxy) is 1. The number of hydrogen-bond donors (Lipinski definition) is 0. The summed E-state index contributed by atoms with van der Waals surface area (Å²) in [7, 11) is -8.23. The van der Waals surface area contributed by atoms with Crippen molar-refractivity contribution in [2.24, 2.45) is 7.05 Å². The van der Waals surface area contributed by atoms with Gasteiger partial charge in [-0.25, -0.2) is 36.6 Å². The van der Waals surface area contributed by atoms with Crippen LogP contribution in [-0.4, -0.2) is 97.0 Å². The number of aromatic nitrogens is 4. The number of aryl methyl sites for hydroxylation is 1. The maximum Gasteiger partial charge on any atom is 0.303 e. The van der Waals surface area contributed by atoms with Crippen molar-refractivity contribution in [1.82, 2.24) is 28.6 Å². The van der Waals surface area contributed by atoms with E-state index in [2.05, 4.69) is 39.8 Å². The van der Waals surface area contributed by atoms with Crippen LogP contribution in [0.3, 0.4) is 0 Å². The molecule has 1 aromatic carbocycles. The number of alkyl halides is 3. The van der Waals surface area contributed by atoms with Crippen molar-refractivity contribution in [2.75, 3.05) is 26.4 Å². The van der Waals surface area contributed by atoms with Gasteiger partial charge in [0.1, 0.15) is 18.6 Å². The zero-order valence-electron chi connectivity index (χ0n) is 27.4. The fraction of sp³-hybridized carbons (Fsp3) is 0.586. The van der Waals surface area contributed by atoms with Crippen molar-refractivity contribution in [1.29, 1.82) is 0 Å². The molecule has 0 amide bonds. The summed E-state index contributed by atoms with van der Waals surface area (Å²) >= 11 is 0.596. The van der Waals surface area contributed by atoms with Gasteiger partial charge in [-0.05, 0) is 37.6 Å². The Morgan fingerprint density at radius 1 is 1.19 bits per heavy atom. The number of sulfonamides is 2. The molecule has 1 fully saturated rings. The van der Waals surface area contributed by atoms with Crippen molar-refractivity contribution < 1.29 is 34.7 Å². The molecule has 1 aliphatic heterocycles. The minimum absolute atomic E-state index is 0.00591. The molecule has 0 bridgehead atoms. The Balaban J connectivity index is 1.68. The topological polar surface area (TPSA) is 132 Å². The highest BCUT2D eigenvalue weighted by Crippen LogP contribution is 2.47. The molecule has 1 saturated carbocycles. The molecule has 12 nitrogen and oxygen atoms in total. The second-order valence-electron chi connectivity index (χ2n) is 13.4. The molecular weight excluding hydrogens is 708 g/mol. The van der Waals surface area contributed by atoms with E-state index < -0.39 is 63.2 Å².